The third-order valence-corrected chi connectivity index (χ3v) is 4.61. The lowest BCUT2D eigenvalue weighted by Gasteiger charge is -2.28. The van der Waals surface area contributed by atoms with Gasteiger partial charge < -0.3 is 10.2 Å². The van der Waals surface area contributed by atoms with Crippen molar-refractivity contribution >= 4 is 29.0 Å². The van der Waals surface area contributed by atoms with Crippen molar-refractivity contribution in [2.75, 3.05) is 23.3 Å². The fourth-order valence-electron chi connectivity index (χ4n) is 2.94. The maximum absolute atomic E-state index is 12.9. The Morgan fingerprint density at radius 2 is 1.85 bits per heavy atom. The van der Waals surface area contributed by atoms with E-state index in [0.29, 0.717) is 11.6 Å². The summed E-state index contributed by atoms with van der Waals surface area (Å²) in [5, 5.41) is 2.43. The van der Waals surface area contributed by atoms with Crippen molar-refractivity contribution in [3.05, 3.63) is 46.4 Å². The largest absolute Gasteiger partial charge is 0.416 e. The number of hydrogen-bond acceptors (Lipinski definition) is 4. The van der Waals surface area contributed by atoms with E-state index < -0.39 is 17.6 Å². The minimum atomic E-state index is -4.53. The van der Waals surface area contributed by atoms with Gasteiger partial charge in [-0.25, -0.2) is 9.97 Å². The van der Waals surface area contributed by atoms with Crippen molar-refractivity contribution in [3.8, 4) is 0 Å². The minimum absolute atomic E-state index is 0.0124. The fourth-order valence-corrected chi connectivity index (χ4v) is 3.10. The first-order chi connectivity index (χ1) is 12.7. The predicted molar refractivity (Wildman–Crippen MR) is 97.2 cm³/mol. The molecule has 27 heavy (non-hydrogen) atoms. The van der Waals surface area contributed by atoms with E-state index >= 15 is 0 Å². The monoisotopic (exact) mass is 398 g/mol. The molecule has 1 saturated heterocycles. The summed E-state index contributed by atoms with van der Waals surface area (Å²) in [5.74, 6) is 0.417. The second-order valence-corrected chi connectivity index (χ2v) is 6.76. The van der Waals surface area contributed by atoms with Gasteiger partial charge in [-0.3, -0.25) is 4.79 Å². The van der Waals surface area contributed by atoms with Crippen LogP contribution in [0.5, 0.6) is 0 Å². The molecule has 0 aliphatic carbocycles. The molecule has 0 atom stereocenters. The first kappa shape index (κ1) is 19.4. The summed E-state index contributed by atoms with van der Waals surface area (Å²) >= 11 is 5.94. The molecule has 1 aliphatic heterocycles. The Kier molecular flexibility index (Phi) is 5.55. The number of nitrogens with zero attached hydrogens (tertiary/aromatic N) is 3. The summed E-state index contributed by atoms with van der Waals surface area (Å²) < 4.78 is 38.7. The number of piperidine rings is 1. The van der Waals surface area contributed by atoms with Gasteiger partial charge in [-0.15, -0.1) is 0 Å². The second kappa shape index (κ2) is 7.72. The zero-order valence-corrected chi connectivity index (χ0v) is 15.4. The highest BCUT2D eigenvalue weighted by molar-refractivity contribution is 6.33. The molecule has 1 aromatic heterocycles. The number of rotatable bonds is 3. The normalized spacial score (nSPS) is 14.9. The number of anilines is 2. The molecule has 0 unspecified atom stereocenters. The van der Waals surface area contributed by atoms with Crippen LogP contribution in [0, 0.1) is 6.92 Å². The Hall–Kier alpha value is -2.35. The van der Waals surface area contributed by atoms with Crippen LogP contribution in [0.1, 0.15) is 41.1 Å². The SMILES string of the molecule is Cc1nc(C(=O)Nc2cc(C(F)(F)F)ccc2Cl)cc(N2CCCCC2)n1. The Balaban J connectivity index is 1.85. The summed E-state index contributed by atoms with van der Waals surface area (Å²) in [6.45, 7) is 3.36. The molecule has 1 aliphatic rings. The van der Waals surface area contributed by atoms with Crippen molar-refractivity contribution in [2.24, 2.45) is 0 Å². The summed E-state index contributed by atoms with van der Waals surface area (Å²) in [6.07, 6.45) is -1.28. The summed E-state index contributed by atoms with van der Waals surface area (Å²) in [5.41, 5.74) is -0.932. The number of amides is 1. The highest BCUT2D eigenvalue weighted by Crippen LogP contribution is 2.34. The lowest BCUT2D eigenvalue weighted by molar-refractivity contribution is -0.137. The van der Waals surface area contributed by atoms with Gasteiger partial charge in [0.15, 0.2) is 0 Å². The van der Waals surface area contributed by atoms with Crippen LogP contribution >= 0.6 is 11.6 Å². The van der Waals surface area contributed by atoms with Crippen molar-refractivity contribution in [1.29, 1.82) is 0 Å². The third-order valence-electron chi connectivity index (χ3n) is 4.28. The number of halogens is 4. The van der Waals surface area contributed by atoms with Gasteiger partial charge in [0.1, 0.15) is 17.3 Å². The van der Waals surface area contributed by atoms with Crippen LogP contribution in [0.3, 0.4) is 0 Å². The van der Waals surface area contributed by atoms with E-state index in [1.165, 1.54) is 0 Å². The van der Waals surface area contributed by atoms with Gasteiger partial charge in [0, 0.05) is 19.2 Å². The van der Waals surface area contributed by atoms with Gasteiger partial charge in [-0.1, -0.05) is 11.6 Å². The molecular formula is C18H18ClF3N4O. The molecule has 0 saturated carbocycles. The van der Waals surface area contributed by atoms with Gasteiger partial charge in [0.2, 0.25) is 0 Å². The molecule has 9 heteroatoms. The molecule has 144 valence electrons. The van der Waals surface area contributed by atoms with Gasteiger partial charge in [0.25, 0.3) is 5.91 Å². The highest BCUT2D eigenvalue weighted by atomic mass is 35.5. The maximum atomic E-state index is 12.9. The maximum Gasteiger partial charge on any atom is 0.416 e. The number of benzene rings is 1. The first-order valence-corrected chi connectivity index (χ1v) is 8.90. The smallest absolute Gasteiger partial charge is 0.356 e. The lowest BCUT2D eigenvalue weighted by Crippen LogP contribution is -2.31. The van der Waals surface area contributed by atoms with Crippen LogP contribution in [0.4, 0.5) is 24.7 Å². The highest BCUT2D eigenvalue weighted by Gasteiger charge is 2.31. The molecule has 0 radical (unpaired) electrons. The topological polar surface area (TPSA) is 58.1 Å². The van der Waals surface area contributed by atoms with Crippen molar-refractivity contribution in [2.45, 2.75) is 32.4 Å². The number of nitrogens with one attached hydrogen (secondary N) is 1. The molecule has 1 amide bonds. The number of aryl methyl sites for hydroxylation is 1. The number of carbonyl (C=O) groups is 1. The van der Waals surface area contributed by atoms with Gasteiger partial charge >= 0.3 is 6.18 Å². The van der Waals surface area contributed by atoms with Crippen molar-refractivity contribution in [1.82, 2.24) is 9.97 Å². The van der Waals surface area contributed by atoms with E-state index in [1.807, 2.05) is 0 Å². The summed E-state index contributed by atoms with van der Waals surface area (Å²) in [4.78, 5) is 23.1. The van der Waals surface area contributed by atoms with E-state index in [4.69, 9.17) is 11.6 Å². The molecule has 1 aromatic carbocycles. The van der Waals surface area contributed by atoms with E-state index in [1.54, 1.807) is 13.0 Å². The molecule has 0 bridgehead atoms. The van der Waals surface area contributed by atoms with Crippen LogP contribution in [-0.4, -0.2) is 29.0 Å². The fraction of sp³-hybridized carbons (Fsp3) is 0.389. The van der Waals surface area contributed by atoms with Crippen LogP contribution in [0.15, 0.2) is 24.3 Å². The molecular weight excluding hydrogens is 381 g/mol. The Bertz CT molecular complexity index is 851. The quantitative estimate of drug-likeness (QED) is 0.814. The third kappa shape index (κ3) is 4.68. The number of hydrogen-bond donors (Lipinski definition) is 1. The van der Waals surface area contributed by atoms with Crippen molar-refractivity contribution < 1.29 is 18.0 Å². The standard InChI is InChI=1S/C18H18ClF3N4O/c1-11-23-15(10-16(24-11)26-7-3-2-4-8-26)17(27)25-14-9-12(18(20,21)22)5-6-13(14)19/h5-6,9-10H,2-4,7-8H2,1H3,(H,25,27). The average molecular weight is 399 g/mol. The molecule has 2 aromatic rings. The van der Waals surface area contributed by atoms with Crippen LogP contribution < -0.4 is 10.2 Å². The second-order valence-electron chi connectivity index (χ2n) is 6.35. The van der Waals surface area contributed by atoms with Gasteiger partial charge in [-0.2, -0.15) is 13.2 Å². The Morgan fingerprint density at radius 1 is 1.15 bits per heavy atom. The van der Waals surface area contributed by atoms with Gasteiger partial charge in [-0.05, 0) is 44.4 Å². The van der Waals surface area contributed by atoms with Crippen LogP contribution in [0.25, 0.3) is 0 Å². The van der Waals surface area contributed by atoms with Gasteiger partial charge in [0.05, 0.1) is 16.3 Å². The lowest BCUT2D eigenvalue weighted by atomic mass is 10.1. The van der Waals surface area contributed by atoms with Crippen LogP contribution in [0.2, 0.25) is 5.02 Å². The number of aromatic nitrogens is 2. The molecule has 2 heterocycles. The van der Waals surface area contributed by atoms with E-state index in [2.05, 4.69) is 20.2 Å². The average Bonchev–Trinajstić information content (AvgIpc) is 2.62. The summed E-state index contributed by atoms with van der Waals surface area (Å²) in [7, 11) is 0. The molecule has 1 N–H and O–H groups in total. The molecule has 3 rings (SSSR count). The van der Waals surface area contributed by atoms with Crippen LogP contribution in [-0.2, 0) is 6.18 Å². The Morgan fingerprint density at radius 3 is 2.52 bits per heavy atom. The van der Waals surface area contributed by atoms with E-state index in [0.717, 1.165) is 50.6 Å². The van der Waals surface area contributed by atoms with Crippen molar-refractivity contribution in [3.63, 3.8) is 0 Å². The Labute approximate surface area is 159 Å². The molecule has 5 nitrogen and oxygen atoms in total. The minimum Gasteiger partial charge on any atom is -0.356 e. The van der Waals surface area contributed by atoms with E-state index in [9.17, 15) is 18.0 Å². The zero-order valence-electron chi connectivity index (χ0n) is 14.6. The molecule has 0 spiro atoms. The number of carbonyl (C=O) groups excluding carboxylic acids is 1. The first-order valence-electron chi connectivity index (χ1n) is 8.53. The number of alkyl halides is 3. The molecule has 1 fully saturated rings. The predicted octanol–water partition coefficient (Wildman–Crippen LogP) is 4.70. The zero-order chi connectivity index (χ0) is 19.6. The van der Waals surface area contributed by atoms with E-state index in [-0.39, 0.29) is 16.4 Å². The summed E-state index contributed by atoms with van der Waals surface area (Å²) in [6, 6.07) is 4.32.